The Morgan fingerprint density at radius 1 is 1.44 bits per heavy atom. The molecule has 84 valence electrons. The minimum Gasteiger partial charge on any atom is -0.478 e. The van der Waals surface area contributed by atoms with Gasteiger partial charge < -0.3 is 10.1 Å². The van der Waals surface area contributed by atoms with Gasteiger partial charge in [-0.3, -0.25) is 0 Å². The van der Waals surface area contributed by atoms with Crippen LogP contribution >= 0.6 is 0 Å². The second-order valence-corrected chi connectivity index (χ2v) is 3.66. The van der Waals surface area contributed by atoms with Crippen molar-refractivity contribution in [3.63, 3.8) is 0 Å². The summed E-state index contributed by atoms with van der Waals surface area (Å²) in [4.78, 5) is 13.3. The number of nitrogens with one attached hydrogen (secondary N) is 1. The van der Waals surface area contributed by atoms with Crippen molar-refractivity contribution in [2.75, 3.05) is 0 Å². The summed E-state index contributed by atoms with van der Waals surface area (Å²) in [5, 5.41) is 9.09. The highest BCUT2D eigenvalue weighted by Gasteiger charge is 2.27. The number of aromatic amines is 1. The Labute approximate surface area is 89.7 Å². The lowest BCUT2D eigenvalue weighted by molar-refractivity contribution is 0.0191. The SMILES string of the molecule is CC(F)(F)c1c[nH]c2cc(C(=O)O)ccc12. The van der Waals surface area contributed by atoms with Gasteiger partial charge in [-0.15, -0.1) is 0 Å². The van der Waals surface area contributed by atoms with E-state index in [0.717, 1.165) is 6.92 Å². The summed E-state index contributed by atoms with van der Waals surface area (Å²) in [6.45, 7) is 0.806. The number of carboxylic acid groups (broad SMARTS) is 1. The molecule has 0 spiro atoms. The molecule has 0 aliphatic rings. The number of carboxylic acids is 1. The molecule has 1 aromatic carbocycles. The maximum absolute atomic E-state index is 13.1. The smallest absolute Gasteiger partial charge is 0.335 e. The number of alkyl halides is 2. The van der Waals surface area contributed by atoms with E-state index in [4.69, 9.17) is 5.11 Å². The van der Waals surface area contributed by atoms with Gasteiger partial charge in [0.1, 0.15) is 0 Å². The van der Waals surface area contributed by atoms with E-state index >= 15 is 0 Å². The molecule has 0 bridgehead atoms. The zero-order valence-electron chi connectivity index (χ0n) is 8.42. The number of fused-ring (bicyclic) bond motifs is 1. The fourth-order valence-corrected chi connectivity index (χ4v) is 1.62. The van der Waals surface area contributed by atoms with Crippen LogP contribution in [0.25, 0.3) is 10.9 Å². The fourth-order valence-electron chi connectivity index (χ4n) is 1.62. The Morgan fingerprint density at radius 2 is 2.12 bits per heavy atom. The van der Waals surface area contributed by atoms with Crippen LogP contribution in [0.4, 0.5) is 8.78 Å². The molecule has 1 heterocycles. The first-order chi connectivity index (χ1) is 7.39. The van der Waals surface area contributed by atoms with Crippen LogP contribution in [0.1, 0.15) is 22.8 Å². The molecular weight excluding hydrogens is 216 g/mol. The van der Waals surface area contributed by atoms with Gasteiger partial charge in [0.05, 0.1) is 5.56 Å². The summed E-state index contributed by atoms with van der Waals surface area (Å²) in [7, 11) is 0. The summed E-state index contributed by atoms with van der Waals surface area (Å²) in [6, 6.07) is 4.04. The topological polar surface area (TPSA) is 53.1 Å². The van der Waals surface area contributed by atoms with Crippen LogP contribution < -0.4 is 0 Å². The third kappa shape index (κ3) is 1.64. The van der Waals surface area contributed by atoms with Crippen molar-refractivity contribution >= 4 is 16.9 Å². The highest BCUT2D eigenvalue weighted by molar-refractivity contribution is 5.94. The first kappa shape index (κ1) is 10.6. The van der Waals surface area contributed by atoms with Gasteiger partial charge in [-0.2, -0.15) is 0 Å². The highest BCUT2D eigenvalue weighted by Crippen LogP contribution is 2.33. The average molecular weight is 225 g/mol. The van der Waals surface area contributed by atoms with E-state index in [1.807, 2.05) is 0 Å². The van der Waals surface area contributed by atoms with E-state index in [1.54, 1.807) is 0 Å². The molecule has 0 aliphatic carbocycles. The Balaban J connectivity index is 2.64. The Hall–Kier alpha value is -1.91. The van der Waals surface area contributed by atoms with Crippen LogP contribution in [-0.4, -0.2) is 16.1 Å². The summed E-state index contributed by atoms with van der Waals surface area (Å²) in [6.07, 6.45) is 1.20. The zero-order chi connectivity index (χ0) is 11.9. The number of H-pyrrole nitrogens is 1. The molecule has 0 fully saturated rings. The predicted molar refractivity (Wildman–Crippen MR) is 54.8 cm³/mol. The van der Waals surface area contributed by atoms with Gasteiger partial charge in [0.2, 0.25) is 0 Å². The maximum Gasteiger partial charge on any atom is 0.335 e. The highest BCUT2D eigenvalue weighted by atomic mass is 19.3. The van der Waals surface area contributed by atoms with Gasteiger partial charge in [0.15, 0.2) is 0 Å². The van der Waals surface area contributed by atoms with E-state index < -0.39 is 11.9 Å². The van der Waals surface area contributed by atoms with Crippen molar-refractivity contribution in [2.45, 2.75) is 12.8 Å². The standard InChI is InChI=1S/C11H9F2NO2/c1-11(12,13)8-5-14-9-4-6(10(15)16)2-3-7(8)9/h2-5,14H,1H3,(H,15,16). The molecule has 0 radical (unpaired) electrons. The average Bonchev–Trinajstić information content (AvgIpc) is 2.58. The lowest BCUT2D eigenvalue weighted by Crippen LogP contribution is -2.05. The van der Waals surface area contributed by atoms with Crippen LogP contribution in [0, 0.1) is 0 Å². The molecular formula is C11H9F2NO2. The lowest BCUT2D eigenvalue weighted by Gasteiger charge is -2.08. The molecule has 5 heteroatoms. The quantitative estimate of drug-likeness (QED) is 0.825. The largest absolute Gasteiger partial charge is 0.478 e. The number of carbonyl (C=O) groups is 1. The summed E-state index contributed by atoms with van der Waals surface area (Å²) in [5.41, 5.74) is 0.344. The molecule has 16 heavy (non-hydrogen) atoms. The molecule has 1 aromatic heterocycles. The number of aromatic nitrogens is 1. The monoisotopic (exact) mass is 225 g/mol. The second kappa shape index (κ2) is 3.30. The number of aromatic carboxylic acids is 1. The van der Waals surface area contributed by atoms with Crippen molar-refractivity contribution < 1.29 is 18.7 Å². The summed E-state index contributed by atoms with van der Waals surface area (Å²) < 4.78 is 26.3. The summed E-state index contributed by atoms with van der Waals surface area (Å²) in [5.74, 6) is -4.02. The van der Waals surface area contributed by atoms with Crippen molar-refractivity contribution in [3.8, 4) is 0 Å². The molecule has 0 unspecified atom stereocenters. The molecule has 0 amide bonds. The van der Waals surface area contributed by atoms with Gasteiger partial charge in [-0.05, 0) is 12.1 Å². The van der Waals surface area contributed by atoms with E-state index in [2.05, 4.69) is 4.98 Å². The molecule has 2 aromatic rings. The minimum absolute atomic E-state index is 0.0697. The van der Waals surface area contributed by atoms with Crippen LogP contribution in [-0.2, 0) is 5.92 Å². The van der Waals surface area contributed by atoms with Crippen molar-refractivity contribution in [2.24, 2.45) is 0 Å². The van der Waals surface area contributed by atoms with Crippen molar-refractivity contribution in [1.82, 2.24) is 4.98 Å². The van der Waals surface area contributed by atoms with E-state index in [1.165, 1.54) is 24.4 Å². The summed E-state index contributed by atoms with van der Waals surface area (Å²) >= 11 is 0. The van der Waals surface area contributed by atoms with E-state index in [9.17, 15) is 13.6 Å². The van der Waals surface area contributed by atoms with E-state index in [0.29, 0.717) is 10.9 Å². The molecule has 2 N–H and O–H groups in total. The first-order valence-corrected chi connectivity index (χ1v) is 4.62. The van der Waals surface area contributed by atoms with Crippen LogP contribution in [0.15, 0.2) is 24.4 Å². The number of halogens is 2. The molecule has 0 atom stereocenters. The van der Waals surface area contributed by atoms with Crippen molar-refractivity contribution in [1.29, 1.82) is 0 Å². The minimum atomic E-state index is -2.94. The Morgan fingerprint density at radius 3 is 2.69 bits per heavy atom. The van der Waals surface area contributed by atoms with Gasteiger partial charge >= 0.3 is 5.97 Å². The van der Waals surface area contributed by atoms with Crippen LogP contribution in [0.5, 0.6) is 0 Å². The fraction of sp³-hybridized carbons (Fsp3) is 0.182. The van der Waals surface area contributed by atoms with Crippen LogP contribution in [0.3, 0.4) is 0 Å². The van der Waals surface area contributed by atoms with Gasteiger partial charge in [-0.1, -0.05) is 6.07 Å². The molecule has 3 nitrogen and oxygen atoms in total. The second-order valence-electron chi connectivity index (χ2n) is 3.66. The molecule has 2 rings (SSSR count). The van der Waals surface area contributed by atoms with Gasteiger partial charge in [0, 0.05) is 29.6 Å². The lowest BCUT2D eigenvalue weighted by atomic mass is 10.1. The Kier molecular flexibility index (Phi) is 2.18. The van der Waals surface area contributed by atoms with Crippen molar-refractivity contribution in [3.05, 3.63) is 35.5 Å². The third-order valence-corrected chi connectivity index (χ3v) is 2.40. The Bertz CT molecular complexity index is 555. The van der Waals surface area contributed by atoms with Gasteiger partial charge in [-0.25, -0.2) is 13.6 Å². The normalized spacial score (nSPS) is 11.9. The number of benzene rings is 1. The number of hydrogen-bond acceptors (Lipinski definition) is 1. The zero-order valence-corrected chi connectivity index (χ0v) is 8.42. The van der Waals surface area contributed by atoms with E-state index in [-0.39, 0.29) is 11.1 Å². The third-order valence-electron chi connectivity index (χ3n) is 2.40. The first-order valence-electron chi connectivity index (χ1n) is 4.62. The predicted octanol–water partition coefficient (Wildman–Crippen LogP) is 2.98. The number of rotatable bonds is 2. The van der Waals surface area contributed by atoms with Gasteiger partial charge in [0.25, 0.3) is 5.92 Å². The maximum atomic E-state index is 13.1. The molecule has 0 saturated heterocycles. The molecule has 0 aliphatic heterocycles. The molecule has 0 saturated carbocycles. The number of hydrogen-bond donors (Lipinski definition) is 2. The van der Waals surface area contributed by atoms with Crippen LogP contribution in [0.2, 0.25) is 0 Å².